The van der Waals surface area contributed by atoms with Crippen LogP contribution in [0.15, 0.2) is 244 Å². The molecular formula is C80H43F3N10. The first-order valence-corrected chi connectivity index (χ1v) is 30.4. The lowest BCUT2D eigenvalue weighted by molar-refractivity contribution is -0.137. The Labute approximate surface area is 525 Å². The highest BCUT2D eigenvalue weighted by Crippen LogP contribution is 2.49. The largest absolute Gasteiger partial charge is 0.416 e. The van der Waals surface area contributed by atoms with E-state index in [9.17, 15) is 18.4 Å². The number of pyridine rings is 4. The molecule has 0 saturated heterocycles. The Morgan fingerprint density at radius 3 is 0.957 bits per heavy atom. The van der Waals surface area contributed by atoms with Gasteiger partial charge in [0, 0.05) is 115 Å². The van der Waals surface area contributed by atoms with Gasteiger partial charge in [0.15, 0.2) is 5.69 Å². The fourth-order valence-corrected chi connectivity index (χ4v) is 15.3. The zero-order valence-corrected chi connectivity index (χ0v) is 49.2. The van der Waals surface area contributed by atoms with Crippen molar-refractivity contribution in [2.24, 2.45) is 0 Å². The van der Waals surface area contributed by atoms with Gasteiger partial charge in [-0.3, -0.25) is 19.9 Å². The van der Waals surface area contributed by atoms with Crippen LogP contribution in [0, 0.1) is 24.8 Å². The summed E-state index contributed by atoms with van der Waals surface area (Å²) in [6.45, 7) is 9.50. The third-order valence-corrected chi connectivity index (χ3v) is 19.2. The van der Waals surface area contributed by atoms with Gasteiger partial charge in [0.05, 0.1) is 67.9 Å². The van der Waals surface area contributed by atoms with E-state index in [1.165, 1.54) is 54.0 Å². The highest BCUT2D eigenvalue weighted by Gasteiger charge is 2.31. The summed E-state index contributed by atoms with van der Waals surface area (Å²) in [5.74, 6) is 0. The standard InChI is InChI=1S/C40H23F3N4.C40H20N6/c1-22-2-8-26(9-3-22)46-32-14-16-44-20-30(32)38-28-12-5-24-19-35-39(29-13-4-23(18-34(38)46)36(28)37(24)29)31-21-45-17-15-33(31)47(35)27-10-6-25(7-11-27)40(41,42)43;1-42-26-6-10-28(11-7-26)46-34-15-17-44-22-32(34)40-30-13-4-24-18-35-39(29-12-5-25(19-36(40)46)38(30)37(24)29)31-21-43-16-14-33(31)45(35)27-8-2-23(20-41)3-9-27/h2-21H,1H3;2-19,21-22H. The lowest BCUT2D eigenvalue weighted by Gasteiger charge is -2.15. The molecule has 20 rings (SSSR count). The Kier molecular flexibility index (Phi) is 10.8. The van der Waals surface area contributed by atoms with E-state index in [1.54, 1.807) is 18.3 Å². The molecule has 0 atom stereocenters. The number of aryl methyl sites for hydroxylation is 1. The van der Waals surface area contributed by atoms with Crippen LogP contribution in [0.1, 0.15) is 16.7 Å². The molecule has 0 aliphatic rings. The second-order valence-corrected chi connectivity index (χ2v) is 24.0. The Bertz CT molecular complexity index is 6460. The van der Waals surface area contributed by atoms with Crippen LogP contribution in [0.4, 0.5) is 18.9 Å². The second-order valence-electron chi connectivity index (χ2n) is 24.0. The van der Waals surface area contributed by atoms with E-state index in [4.69, 9.17) is 6.57 Å². The molecule has 13 heteroatoms. The average Bonchev–Trinajstić information content (AvgIpc) is 1.62. The van der Waals surface area contributed by atoms with Crippen molar-refractivity contribution in [1.29, 1.82) is 5.26 Å². The Morgan fingerprint density at radius 2 is 0.656 bits per heavy atom. The van der Waals surface area contributed by atoms with Crippen molar-refractivity contribution in [3.05, 3.63) is 272 Å². The van der Waals surface area contributed by atoms with Crippen LogP contribution in [-0.4, -0.2) is 38.2 Å². The van der Waals surface area contributed by atoms with Crippen LogP contribution < -0.4 is 0 Å². The summed E-state index contributed by atoms with van der Waals surface area (Å²) in [7, 11) is 0. The first-order valence-electron chi connectivity index (χ1n) is 30.4. The Balaban J connectivity index is 0.000000133. The van der Waals surface area contributed by atoms with Gasteiger partial charge in [0.2, 0.25) is 0 Å². The molecule has 0 N–H and O–H groups in total. The summed E-state index contributed by atoms with van der Waals surface area (Å²) in [4.78, 5) is 21.7. The van der Waals surface area contributed by atoms with Crippen LogP contribution in [-0.2, 0) is 6.18 Å². The summed E-state index contributed by atoms with van der Waals surface area (Å²) < 4.78 is 49.2. The highest BCUT2D eigenvalue weighted by atomic mass is 19.4. The van der Waals surface area contributed by atoms with Crippen LogP contribution in [0.5, 0.6) is 0 Å². The average molecular weight is 1200 g/mol. The normalized spacial score (nSPS) is 12.3. The zero-order valence-electron chi connectivity index (χ0n) is 49.2. The number of fused-ring (bicyclic) bond motifs is 16. The van der Waals surface area contributed by atoms with Crippen molar-refractivity contribution < 1.29 is 13.2 Å². The van der Waals surface area contributed by atoms with Crippen molar-refractivity contribution in [2.45, 2.75) is 13.1 Å². The van der Waals surface area contributed by atoms with Gasteiger partial charge in [-0.1, -0.05) is 78.4 Å². The molecule has 8 aromatic heterocycles. The summed E-state index contributed by atoms with van der Waals surface area (Å²) in [6.07, 6.45) is 10.6. The quantitative estimate of drug-likeness (QED) is 0.129. The summed E-state index contributed by atoms with van der Waals surface area (Å²) in [5, 5.41) is 32.1. The van der Waals surface area contributed by atoms with Gasteiger partial charge >= 0.3 is 6.18 Å². The van der Waals surface area contributed by atoms with E-state index < -0.39 is 11.7 Å². The summed E-state index contributed by atoms with van der Waals surface area (Å²) in [5.41, 5.74) is 14.0. The molecule has 12 aromatic carbocycles. The molecule has 0 saturated carbocycles. The third kappa shape index (κ3) is 7.38. The predicted octanol–water partition coefficient (Wildman–Crippen LogP) is 20.9. The minimum atomic E-state index is -4.40. The molecule has 8 heterocycles. The fraction of sp³-hybridized carbons (Fsp3) is 0.0250. The molecule has 0 spiro atoms. The third-order valence-electron chi connectivity index (χ3n) is 19.2. The van der Waals surface area contributed by atoms with E-state index in [0.29, 0.717) is 16.9 Å². The molecule has 93 heavy (non-hydrogen) atoms. The summed E-state index contributed by atoms with van der Waals surface area (Å²) >= 11 is 0. The molecule has 20 aromatic rings. The van der Waals surface area contributed by atoms with Crippen LogP contribution in [0.25, 0.3) is 179 Å². The maximum atomic E-state index is 13.4. The van der Waals surface area contributed by atoms with Gasteiger partial charge in [-0.25, -0.2) is 4.85 Å². The van der Waals surface area contributed by atoms with Crippen molar-refractivity contribution >= 4 is 158 Å². The molecular weight excluding hydrogens is 1160 g/mol. The van der Waals surface area contributed by atoms with Gasteiger partial charge in [-0.05, 0) is 193 Å². The maximum Gasteiger partial charge on any atom is 0.416 e. The number of halogens is 3. The van der Waals surface area contributed by atoms with E-state index in [0.717, 1.165) is 133 Å². The van der Waals surface area contributed by atoms with Gasteiger partial charge in [-0.2, -0.15) is 18.4 Å². The first kappa shape index (κ1) is 52.2. The summed E-state index contributed by atoms with van der Waals surface area (Å²) in [6, 6.07) is 66.7. The molecule has 0 radical (unpaired) electrons. The lowest BCUT2D eigenvalue weighted by atomic mass is 9.90. The van der Waals surface area contributed by atoms with Gasteiger partial charge in [0.1, 0.15) is 0 Å². The number of rotatable bonds is 4. The molecule has 0 aliphatic carbocycles. The van der Waals surface area contributed by atoms with Crippen molar-refractivity contribution in [3.8, 4) is 28.8 Å². The van der Waals surface area contributed by atoms with Crippen LogP contribution in [0.3, 0.4) is 0 Å². The van der Waals surface area contributed by atoms with E-state index in [1.807, 2.05) is 103 Å². The minimum Gasteiger partial charge on any atom is -0.309 e. The Morgan fingerprint density at radius 1 is 0.355 bits per heavy atom. The van der Waals surface area contributed by atoms with Crippen molar-refractivity contribution in [1.82, 2.24) is 38.2 Å². The maximum absolute atomic E-state index is 13.4. The highest BCUT2D eigenvalue weighted by molar-refractivity contribution is 6.39. The van der Waals surface area contributed by atoms with Crippen molar-refractivity contribution in [3.63, 3.8) is 0 Å². The number of hydrogen-bond donors (Lipinski definition) is 0. The molecule has 0 aliphatic heterocycles. The number of benzene rings is 12. The minimum absolute atomic E-state index is 0.621. The molecule has 0 amide bonds. The van der Waals surface area contributed by atoms with Crippen LogP contribution >= 0.6 is 0 Å². The monoisotopic (exact) mass is 1200 g/mol. The predicted molar refractivity (Wildman–Crippen MR) is 370 cm³/mol. The molecule has 10 nitrogen and oxygen atoms in total. The van der Waals surface area contributed by atoms with E-state index >= 15 is 0 Å². The zero-order chi connectivity index (χ0) is 62.1. The topological polar surface area (TPSA) is 99.4 Å². The molecule has 434 valence electrons. The number of aromatic nitrogens is 8. The van der Waals surface area contributed by atoms with Gasteiger partial charge in [-0.15, -0.1) is 0 Å². The van der Waals surface area contributed by atoms with Gasteiger partial charge < -0.3 is 18.3 Å². The van der Waals surface area contributed by atoms with Crippen molar-refractivity contribution in [2.75, 3.05) is 0 Å². The molecule has 0 fully saturated rings. The SMILES string of the molecule is Cc1ccc(-n2c3ccncc3c3c4ccc5cc6c(c7ccc(cc32)c4c57)c2cnccc2n6-c2ccc(C(F)(F)F)cc2)cc1.[C-]#[N+]c1ccc(-n2c3ccncc3c3c4ccc5cc6c(c7ccc(cc32)c4c57)c2cnccc2n6-c2ccc(C#N)cc2)cc1. The smallest absolute Gasteiger partial charge is 0.309 e. The number of nitriles is 1. The number of nitrogens with zero attached hydrogens (tertiary/aromatic N) is 10. The van der Waals surface area contributed by atoms with E-state index in [-0.39, 0.29) is 0 Å². The fourth-order valence-electron chi connectivity index (χ4n) is 15.3. The van der Waals surface area contributed by atoms with Gasteiger partial charge in [0.25, 0.3) is 0 Å². The van der Waals surface area contributed by atoms with E-state index in [2.05, 4.69) is 167 Å². The number of hydrogen-bond acceptors (Lipinski definition) is 5. The lowest BCUT2D eigenvalue weighted by Crippen LogP contribution is -2.05. The Hall–Kier alpha value is -12.7. The molecule has 0 unspecified atom stereocenters. The second kappa shape index (κ2) is 19.2. The number of alkyl halides is 3. The first-order chi connectivity index (χ1) is 45.6. The molecule has 0 bridgehead atoms. The van der Waals surface area contributed by atoms with Crippen LogP contribution in [0.2, 0.25) is 0 Å².